The first-order valence-electron chi connectivity index (χ1n) is 9.79. The molecule has 2 aromatic heterocycles. The zero-order valence-corrected chi connectivity index (χ0v) is 18.4. The molecule has 1 unspecified atom stereocenters. The normalized spacial score (nSPS) is 16.2. The van der Waals surface area contributed by atoms with Crippen LogP contribution in [-0.4, -0.2) is 39.1 Å². The van der Waals surface area contributed by atoms with Crippen LogP contribution in [-0.2, 0) is 16.1 Å². The second-order valence-corrected chi connectivity index (χ2v) is 8.59. The molecule has 1 saturated heterocycles. The van der Waals surface area contributed by atoms with Crippen molar-refractivity contribution in [1.29, 1.82) is 0 Å². The largest absolute Gasteiger partial charge is 0.469 e. The third-order valence-corrected chi connectivity index (χ3v) is 6.39. The molecule has 0 bridgehead atoms. The van der Waals surface area contributed by atoms with Gasteiger partial charge in [0.25, 0.3) is 0 Å². The highest BCUT2D eigenvalue weighted by atomic mass is 35.5. The van der Waals surface area contributed by atoms with Crippen LogP contribution < -0.4 is 5.32 Å². The van der Waals surface area contributed by atoms with Gasteiger partial charge in [0.15, 0.2) is 11.0 Å². The Kier molecular flexibility index (Phi) is 6.46. The van der Waals surface area contributed by atoms with Gasteiger partial charge in [-0.2, -0.15) is 0 Å². The molecule has 0 saturated carbocycles. The van der Waals surface area contributed by atoms with E-state index in [9.17, 15) is 4.79 Å². The lowest BCUT2D eigenvalue weighted by atomic mass is 10.2. The smallest absolute Gasteiger partial charge is 0.234 e. The third kappa shape index (κ3) is 4.71. The second-order valence-electron chi connectivity index (χ2n) is 7.24. The maximum atomic E-state index is 12.5. The Morgan fingerprint density at radius 2 is 2.20 bits per heavy atom. The van der Waals surface area contributed by atoms with Crippen molar-refractivity contribution in [2.75, 3.05) is 17.7 Å². The molecule has 0 radical (unpaired) electrons. The SMILES string of the molecule is Cc1ccc(NC(=O)CSc2nnc(-c3ccoc3C)n2CC2CCCO2)cc1Cl. The van der Waals surface area contributed by atoms with Crippen molar-refractivity contribution < 1.29 is 13.9 Å². The van der Waals surface area contributed by atoms with Crippen molar-refractivity contribution in [3.8, 4) is 11.4 Å². The number of carbonyl (C=O) groups excluding carboxylic acids is 1. The first-order valence-corrected chi connectivity index (χ1v) is 11.2. The van der Waals surface area contributed by atoms with E-state index in [0.29, 0.717) is 22.4 Å². The highest BCUT2D eigenvalue weighted by molar-refractivity contribution is 7.99. The Labute approximate surface area is 184 Å². The van der Waals surface area contributed by atoms with Gasteiger partial charge in [-0.3, -0.25) is 9.36 Å². The fourth-order valence-electron chi connectivity index (χ4n) is 3.37. The van der Waals surface area contributed by atoms with Gasteiger partial charge in [0.2, 0.25) is 5.91 Å². The number of thioether (sulfide) groups is 1. The molecular formula is C21H23ClN4O3S. The summed E-state index contributed by atoms with van der Waals surface area (Å²) in [5.41, 5.74) is 2.53. The Bertz CT molecular complexity index is 1040. The molecule has 1 amide bonds. The highest BCUT2D eigenvalue weighted by Crippen LogP contribution is 2.29. The van der Waals surface area contributed by atoms with Crippen LogP contribution in [0, 0.1) is 13.8 Å². The molecule has 0 aliphatic carbocycles. The van der Waals surface area contributed by atoms with E-state index in [4.69, 9.17) is 20.8 Å². The number of halogens is 1. The number of ether oxygens (including phenoxy) is 1. The minimum absolute atomic E-state index is 0.120. The predicted octanol–water partition coefficient (Wildman–Crippen LogP) is 4.72. The summed E-state index contributed by atoms with van der Waals surface area (Å²) in [6.45, 7) is 5.23. The van der Waals surface area contributed by atoms with E-state index in [1.165, 1.54) is 11.8 Å². The Hall–Kier alpha value is -2.29. The number of aromatic nitrogens is 3. The minimum atomic E-state index is -0.132. The lowest BCUT2D eigenvalue weighted by molar-refractivity contribution is -0.113. The van der Waals surface area contributed by atoms with E-state index < -0.39 is 0 Å². The Morgan fingerprint density at radius 1 is 1.33 bits per heavy atom. The number of benzene rings is 1. The number of nitrogens with one attached hydrogen (secondary N) is 1. The maximum Gasteiger partial charge on any atom is 0.234 e. The van der Waals surface area contributed by atoms with Crippen LogP contribution in [0.15, 0.2) is 40.1 Å². The van der Waals surface area contributed by atoms with Crippen molar-refractivity contribution in [3.63, 3.8) is 0 Å². The van der Waals surface area contributed by atoms with Crippen LogP contribution in [0.25, 0.3) is 11.4 Å². The van der Waals surface area contributed by atoms with E-state index in [1.54, 1.807) is 12.3 Å². The average Bonchev–Trinajstić information content (AvgIpc) is 3.46. The van der Waals surface area contributed by atoms with Crippen LogP contribution in [0.3, 0.4) is 0 Å². The van der Waals surface area contributed by atoms with Gasteiger partial charge < -0.3 is 14.5 Å². The fraction of sp³-hybridized carbons (Fsp3) is 0.381. The quantitative estimate of drug-likeness (QED) is 0.529. The van der Waals surface area contributed by atoms with Crippen molar-refractivity contribution in [3.05, 3.63) is 46.9 Å². The summed E-state index contributed by atoms with van der Waals surface area (Å²) in [6, 6.07) is 7.35. The number of anilines is 1. The summed E-state index contributed by atoms with van der Waals surface area (Å²) >= 11 is 7.49. The molecule has 158 valence electrons. The molecule has 0 spiro atoms. The number of nitrogens with zero attached hydrogens (tertiary/aromatic N) is 3. The molecule has 1 fully saturated rings. The van der Waals surface area contributed by atoms with Crippen molar-refractivity contribution in [2.45, 2.75) is 44.5 Å². The maximum absolute atomic E-state index is 12.5. The van der Waals surface area contributed by atoms with Gasteiger partial charge in [0, 0.05) is 17.3 Å². The number of hydrogen-bond acceptors (Lipinski definition) is 6. The van der Waals surface area contributed by atoms with E-state index in [0.717, 1.165) is 42.2 Å². The summed E-state index contributed by atoms with van der Waals surface area (Å²) < 4.78 is 13.3. The zero-order valence-electron chi connectivity index (χ0n) is 16.9. The summed E-state index contributed by atoms with van der Waals surface area (Å²) in [4.78, 5) is 12.5. The third-order valence-electron chi connectivity index (χ3n) is 5.01. The molecule has 1 aliphatic heterocycles. The standard InChI is InChI=1S/C21H23ClN4O3S/c1-13-5-6-15(10-18(13)22)23-19(27)12-30-21-25-24-20(17-7-9-28-14(17)2)26(21)11-16-4-3-8-29-16/h5-7,9-10,16H,3-4,8,11-12H2,1-2H3,(H,23,27). The topological polar surface area (TPSA) is 82.2 Å². The van der Waals surface area contributed by atoms with E-state index in [1.807, 2.05) is 36.6 Å². The molecule has 1 aliphatic rings. The molecule has 1 aromatic carbocycles. The monoisotopic (exact) mass is 446 g/mol. The molecular weight excluding hydrogens is 424 g/mol. The fourth-order valence-corrected chi connectivity index (χ4v) is 4.29. The molecule has 1 N–H and O–H groups in total. The first-order chi connectivity index (χ1) is 14.5. The summed E-state index contributed by atoms with van der Waals surface area (Å²) in [7, 11) is 0. The number of furan rings is 1. The van der Waals surface area contributed by atoms with Crippen LogP contribution >= 0.6 is 23.4 Å². The van der Waals surface area contributed by atoms with Crippen LogP contribution in [0.1, 0.15) is 24.2 Å². The molecule has 30 heavy (non-hydrogen) atoms. The highest BCUT2D eigenvalue weighted by Gasteiger charge is 2.23. The van der Waals surface area contributed by atoms with Gasteiger partial charge in [0.05, 0.1) is 30.2 Å². The Balaban J connectivity index is 1.48. The number of carbonyl (C=O) groups is 1. The van der Waals surface area contributed by atoms with Gasteiger partial charge in [-0.15, -0.1) is 10.2 Å². The molecule has 7 nitrogen and oxygen atoms in total. The lowest BCUT2D eigenvalue weighted by Crippen LogP contribution is -2.18. The second kappa shape index (κ2) is 9.24. The molecule has 1 atom stereocenters. The lowest BCUT2D eigenvalue weighted by Gasteiger charge is -2.14. The van der Waals surface area contributed by atoms with Crippen molar-refractivity contribution in [1.82, 2.24) is 14.8 Å². The van der Waals surface area contributed by atoms with Crippen LogP contribution in [0.5, 0.6) is 0 Å². The first kappa shape index (κ1) is 21.0. The Morgan fingerprint density at radius 3 is 2.90 bits per heavy atom. The van der Waals surface area contributed by atoms with Crippen LogP contribution in [0.2, 0.25) is 5.02 Å². The summed E-state index contributed by atoms with van der Waals surface area (Å²) in [6.07, 6.45) is 3.82. The van der Waals surface area contributed by atoms with Crippen molar-refractivity contribution in [2.24, 2.45) is 0 Å². The van der Waals surface area contributed by atoms with E-state index in [-0.39, 0.29) is 17.8 Å². The molecule has 3 aromatic rings. The summed E-state index contributed by atoms with van der Waals surface area (Å²) in [5, 5.41) is 12.9. The van der Waals surface area contributed by atoms with Gasteiger partial charge in [-0.1, -0.05) is 29.4 Å². The number of rotatable bonds is 7. The number of hydrogen-bond donors (Lipinski definition) is 1. The van der Waals surface area contributed by atoms with Crippen molar-refractivity contribution >= 4 is 35.0 Å². The minimum Gasteiger partial charge on any atom is -0.469 e. The number of amides is 1. The van der Waals surface area contributed by atoms with Gasteiger partial charge >= 0.3 is 0 Å². The zero-order chi connectivity index (χ0) is 21.1. The summed E-state index contributed by atoms with van der Waals surface area (Å²) in [5.74, 6) is 1.58. The molecule has 9 heteroatoms. The number of aryl methyl sites for hydroxylation is 2. The molecule has 3 heterocycles. The average molecular weight is 447 g/mol. The van der Waals surface area contributed by atoms with E-state index >= 15 is 0 Å². The van der Waals surface area contributed by atoms with E-state index in [2.05, 4.69) is 15.5 Å². The van der Waals surface area contributed by atoms with Gasteiger partial charge in [-0.25, -0.2) is 0 Å². The van der Waals surface area contributed by atoms with Gasteiger partial charge in [0.1, 0.15) is 5.76 Å². The molecule has 4 rings (SSSR count). The van der Waals surface area contributed by atoms with Gasteiger partial charge in [-0.05, 0) is 50.5 Å². The van der Waals surface area contributed by atoms with Crippen LogP contribution in [0.4, 0.5) is 5.69 Å². The predicted molar refractivity (Wildman–Crippen MR) is 117 cm³/mol.